The Kier molecular flexibility index (Phi) is 2.31. The van der Waals surface area contributed by atoms with Crippen LogP contribution in [-0.2, 0) is 4.84 Å². The van der Waals surface area contributed by atoms with Gasteiger partial charge in [0.25, 0.3) is 0 Å². The van der Waals surface area contributed by atoms with Gasteiger partial charge in [0.2, 0.25) is 0 Å². The summed E-state index contributed by atoms with van der Waals surface area (Å²) in [4.78, 5) is 5.58. The molecule has 13 heavy (non-hydrogen) atoms. The van der Waals surface area contributed by atoms with Crippen molar-refractivity contribution in [2.75, 3.05) is 0 Å². The van der Waals surface area contributed by atoms with Gasteiger partial charge in [0.05, 0.1) is 5.71 Å². The molecule has 0 amide bonds. The zero-order valence-electron chi connectivity index (χ0n) is 8.68. The Morgan fingerprint density at radius 2 is 2.00 bits per heavy atom. The highest BCUT2D eigenvalue weighted by Crippen LogP contribution is 2.39. The smallest absolute Gasteiger partial charge is 0.143 e. The summed E-state index contributed by atoms with van der Waals surface area (Å²) in [6.45, 7) is 4.29. The third kappa shape index (κ3) is 1.72. The molecule has 1 saturated carbocycles. The summed E-state index contributed by atoms with van der Waals surface area (Å²) in [6.07, 6.45) is 7.87. The molecule has 0 aromatic rings. The molecule has 74 valence electrons. The molecule has 0 bridgehead atoms. The predicted octanol–water partition coefficient (Wildman–Crippen LogP) is 3.12. The first-order chi connectivity index (χ1) is 6.21. The largest absolute Gasteiger partial charge is 0.389 e. The zero-order valence-corrected chi connectivity index (χ0v) is 8.68. The molecule has 1 atom stereocenters. The second-order valence-corrected chi connectivity index (χ2v) is 4.74. The van der Waals surface area contributed by atoms with Gasteiger partial charge in [-0.25, -0.2) is 0 Å². The highest BCUT2D eigenvalue weighted by molar-refractivity contribution is 5.83. The third-order valence-electron chi connectivity index (χ3n) is 3.49. The van der Waals surface area contributed by atoms with E-state index in [-0.39, 0.29) is 5.60 Å². The van der Waals surface area contributed by atoms with Crippen molar-refractivity contribution >= 4 is 5.71 Å². The zero-order chi connectivity index (χ0) is 9.31. The van der Waals surface area contributed by atoms with Crippen LogP contribution in [0.4, 0.5) is 0 Å². The summed E-state index contributed by atoms with van der Waals surface area (Å²) < 4.78 is 0. The molecule has 0 spiro atoms. The van der Waals surface area contributed by atoms with Crippen molar-refractivity contribution in [2.24, 2.45) is 11.1 Å². The lowest BCUT2D eigenvalue weighted by Gasteiger charge is -2.34. The molecule has 1 aliphatic heterocycles. The first kappa shape index (κ1) is 9.04. The van der Waals surface area contributed by atoms with Crippen LogP contribution in [0, 0.1) is 5.92 Å². The summed E-state index contributed by atoms with van der Waals surface area (Å²) in [7, 11) is 0. The quantitative estimate of drug-likeness (QED) is 0.609. The van der Waals surface area contributed by atoms with Gasteiger partial charge in [0, 0.05) is 12.3 Å². The van der Waals surface area contributed by atoms with Crippen LogP contribution in [0.2, 0.25) is 0 Å². The van der Waals surface area contributed by atoms with E-state index in [9.17, 15) is 0 Å². The van der Waals surface area contributed by atoms with Gasteiger partial charge in [-0.05, 0) is 26.7 Å². The van der Waals surface area contributed by atoms with Gasteiger partial charge in [-0.3, -0.25) is 0 Å². The molecule has 1 heterocycles. The fourth-order valence-electron chi connectivity index (χ4n) is 2.69. The molecule has 2 heteroatoms. The lowest BCUT2D eigenvalue weighted by Crippen LogP contribution is -2.36. The molecule has 2 aliphatic rings. The van der Waals surface area contributed by atoms with E-state index in [0.717, 1.165) is 18.1 Å². The minimum Gasteiger partial charge on any atom is -0.389 e. The van der Waals surface area contributed by atoms with Crippen molar-refractivity contribution in [3.05, 3.63) is 0 Å². The minimum absolute atomic E-state index is 0.0322. The first-order valence-electron chi connectivity index (χ1n) is 5.42. The lowest BCUT2D eigenvalue weighted by atomic mass is 9.76. The first-order valence-corrected chi connectivity index (χ1v) is 5.42. The van der Waals surface area contributed by atoms with Crippen LogP contribution in [0.15, 0.2) is 5.16 Å². The second-order valence-electron chi connectivity index (χ2n) is 4.74. The molecule has 2 nitrogen and oxygen atoms in total. The fraction of sp³-hybridized carbons (Fsp3) is 0.909. The fourth-order valence-corrected chi connectivity index (χ4v) is 2.69. The monoisotopic (exact) mass is 181 g/mol. The van der Waals surface area contributed by atoms with E-state index < -0.39 is 0 Å². The number of oxime groups is 1. The molecule has 1 aliphatic carbocycles. The van der Waals surface area contributed by atoms with E-state index in [0.29, 0.717) is 0 Å². The molecule has 0 aromatic heterocycles. The second kappa shape index (κ2) is 3.32. The number of nitrogens with zero attached hydrogens (tertiary/aromatic N) is 1. The summed E-state index contributed by atoms with van der Waals surface area (Å²) in [5, 5.41) is 4.08. The van der Waals surface area contributed by atoms with Crippen LogP contribution in [0.3, 0.4) is 0 Å². The molecular formula is C11H19NO. The van der Waals surface area contributed by atoms with Crippen LogP contribution in [0.5, 0.6) is 0 Å². The van der Waals surface area contributed by atoms with Crippen molar-refractivity contribution in [2.45, 2.75) is 58.0 Å². The van der Waals surface area contributed by atoms with Crippen molar-refractivity contribution in [1.82, 2.24) is 0 Å². The van der Waals surface area contributed by atoms with Crippen LogP contribution >= 0.6 is 0 Å². The average molecular weight is 181 g/mol. The van der Waals surface area contributed by atoms with Gasteiger partial charge >= 0.3 is 0 Å². The average Bonchev–Trinajstić information content (AvgIpc) is 2.49. The molecule has 2 rings (SSSR count). The number of hydrogen-bond acceptors (Lipinski definition) is 2. The summed E-state index contributed by atoms with van der Waals surface area (Å²) in [5.41, 5.74) is 1.19. The summed E-state index contributed by atoms with van der Waals surface area (Å²) in [6, 6.07) is 0. The molecule has 0 saturated heterocycles. The van der Waals surface area contributed by atoms with E-state index in [4.69, 9.17) is 4.84 Å². The maximum Gasteiger partial charge on any atom is 0.143 e. The Labute approximate surface area is 80.3 Å². The number of rotatable bonds is 1. The van der Waals surface area contributed by atoms with Gasteiger partial charge in [0.1, 0.15) is 5.60 Å². The maximum absolute atomic E-state index is 5.58. The van der Waals surface area contributed by atoms with Gasteiger partial charge in [-0.1, -0.05) is 24.4 Å². The highest BCUT2D eigenvalue weighted by atomic mass is 16.7. The minimum atomic E-state index is 0.0322. The van der Waals surface area contributed by atoms with Gasteiger partial charge in [0.15, 0.2) is 0 Å². The molecule has 1 fully saturated rings. The van der Waals surface area contributed by atoms with Crippen molar-refractivity contribution in [3.8, 4) is 0 Å². The van der Waals surface area contributed by atoms with Crippen LogP contribution in [0.25, 0.3) is 0 Å². The number of hydrogen-bond donors (Lipinski definition) is 0. The van der Waals surface area contributed by atoms with Crippen LogP contribution < -0.4 is 0 Å². The topological polar surface area (TPSA) is 21.6 Å². The Morgan fingerprint density at radius 3 is 2.54 bits per heavy atom. The van der Waals surface area contributed by atoms with E-state index in [1.165, 1.54) is 32.1 Å². The molecule has 0 radical (unpaired) electrons. The lowest BCUT2D eigenvalue weighted by molar-refractivity contribution is -0.0599. The molecule has 1 unspecified atom stereocenters. The predicted molar refractivity (Wildman–Crippen MR) is 53.8 cm³/mol. The maximum atomic E-state index is 5.58. The molecular weight excluding hydrogens is 162 g/mol. The van der Waals surface area contributed by atoms with Gasteiger partial charge < -0.3 is 4.84 Å². The van der Waals surface area contributed by atoms with E-state index in [1.54, 1.807) is 0 Å². The highest BCUT2D eigenvalue weighted by Gasteiger charge is 2.40. The van der Waals surface area contributed by atoms with Crippen molar-refractivity contribution < 1.29 is 4.84 Å². The van der Waals surface area contributed by atoms with Crippen molar-refractivity contribution in [1.29, 1.82) is 0 Å². The molecule has 0 aromatic carbocycles. The summed E-state index contributed by atoms with van der Waals surface area (Å²) in [5.74, 6) is 0.738. The Morgan fingerprint density at radius 1 is 1.31 bits per heavy atom. The Balaban J connectivity index is 1.99. The standard InChI is InChI=1S/C11H19NO/c1-9-8-11(2,13-12-9)10-6-4-3-5-7-10/h10H,3-8H2,1-2H3. The normalized spacial score (nSPS) is 35.7. The van der Waals surface area contributed by atoms with E-state index in [1.807, 2.05) is 0 Å². The van der Waals surface area contributed by atoms with Crippen molar-refractivity contribution in [3.63, 3.8) is 0 Å². The van der Waals surface area contributed by atoms with Crippen LogP contribution in [0.1, 0.15) is 52.4 Å². The Hall–Kier alpha value is -0.530. The van der Waals surface area contributed by atoms with Gasteiger partial charge in [-0.15, -0.1) is 0 Å². The summed E-state index contributed by atoms with van der Waals surface area (Å²) >= 11 is 0. The molecule has 0 N–H and O–H groups in total. The van der Waals surface area contributed by atoms with E-state index in [2.05, 4.69) is 19.0 Å². The van der Waals surface area contributed by atoms with E-state index >= 15 is 0 Å². The Bertz CT molecular complexity index is 218. The van der Waals surface area contributed by atoms with Crippen LogP contribution in [-0.4, -0.2) is 11.3 Å². The van der Waals surface area contributed by atoms with Gasteiger partial charge in [-0.2, -0.15) is 0 Å². The third-order valence-corrected chi connectivity index (χ3v) is 3.49. The SMILES string of the molecule is CC1=NOC(C)(C2CCCCC2)C1.